The van der Waals surface area contributed by atoms with Crippen LogP contribution >= 0.6 is 0 Å². The smallest absolute Gasteiger partial charge is 0.272 e. The van der Waals surface area contributed by atoms with Gasteiger partial charge in [-0.15, -0.1) is 0 Å². The van der Waals surface area contributed by atoms with E-state index in [0.717, 1.165) is 22.5 Å². The molecule has 0 aliphatic rings. The van der Waals surface area contributed by atoms with Gasteiger partial charge in [-0.05, 0) is 47.5 Å². The Hall–Kier alpha value is -3.94. The monoisotopic (exact) mass is 405 g/mol. The van der Waals surface area contributed by atoms with Crippen LogP contribution in [0, 0.1) is 5.82 Å². The molecule has 0 aliphatic carbocycles. The van der Waals surface area contributed by atoms with E-state index in [1.165, 1.54) is 17.0 Å². The quantitative estimate of drug-likeness (QED) is 0.555. The minimum absolute atomic E-state index is 0.0895. The molecular weight excluding hydrogens is 385 g/mol. The second kappa shape index (κ2) is 7.82. The minimum atomic E-state index is -0.420. The zero-order valence-corrected chi connectivity index (χ0v) is 16.5. The molecular formula is C22H20FN5O2. The van der Waals surface area contributed by atoms with E-state index in [1.54, 1.807) is 43.2 Å². The Bertz CT molecular complexity index is 1220. The van der Waals surface area contributed by atoms with E-state index in [-0.39, 0.29) is 24.0 Å². The van der Waals surface area contributed by atoms with Gasteiger partial charge in [0.15, 0.2) is 5.69 Å². The topological polar surface area (TPSA) is 71.6 Å². The van der Waals surface area contributed by atoms with E-state index in [4.69, 9.17) is 0 Å². The molecule has 0 atom stereocenters. The molecule has 0 aliphatic heterocycles. The van der Waals surface area contributed by atoms with Gasteiger partial charge < -0.3 is 14.6 Å². The summed E-state index contributed by atoms with van der Waals surface area (Å²) >= 11 is 0. The van der Waals surface area contributed by atoms with E-state index in [9.17, 15) is 14.0 Å². The van der Waals surface area contributed by atoms with Crippen LogP contribution in [0.4, 0.5) is 4.39 Å². The van der Waals surface area contributed by atoms with E-state index < -0.39 is 5.91 Å². The average Bonchev–Trinajstić information content (AvgIpc) is 3.38. The number of benzene rings is 1. The largest absolute Gasteiger partial charge is 0.347 e. The molecule has 1 N–H and O–H groups in total. The Morgan fingerprint density at radius 3 is 2.43 bits per heavy atom. The minimum Gasteiger partial charge on any atom is -0.347 e. The van der Waals surface area contributed by atoms with Gasteiger partial charge in [-0.1, -0.05) is 18.2 Å². The van der Waals surface area contributed by atoms with Crippen molar-refractivity contribution in [1.82, 2.24) is 24.4 Å². The van der Waals surface area contributed by atoms with Crippen molar-refractivity contribution in [3.63, 3.8) is 0 Å². The molecule has 3 aromatic heterocycles. The first-order valence-corrected chi connectivity index (χ1v) is 9.34. The fourth-order valence-electron chi connectivity index (χ4n) is 3.06. The first-order chi connectivity index (χ1) is 14.4. The number of likely N-dealkylation sites (N-methyl/N-ethyl adjacent to an activating group) is 1. The molecule has 4 rings (SSSR count). The maximum atomic E-state index is 13.2. The van der Waals surface area contributed by atoms with Crippen LogP contribution in [0.2, 0.25) is 0 Å². The number of amides is 2. The molecule has 0 fully saturated rings. The molecule has 0 saturated heterocycles. The second-order valence-electron chi connectivity index (χ2n) is 7.03. The summed E-state index contributed by atoms with van der Waals surface area (Å²) in [6.45, 7) is -0.0895. The highest BCUT2D eigenvalue weighted by molar-refractivity contribution is 5.94. The van der Waals surface area contributed by atoms with E-state index in [0.29, 0.717) is 0 Å². The van der Waals surface area contributed by atoms with Crippen LogP contribution in [0.25, 0.3) is 22.5 Å². The van der Waals surface area contributed by atoms with Crippen molar-refractivity contribution in [2.75, 3.05) is 20.6 Å². The van der Waals surface area contributed by atoms with Gasteiger partial charge in [0.25, 0.3) is 5.91 Å². The first kappa shape index (κ1) is 19.4. The summed E-state index contributed by atoms with van der Waals surface area (Å²) in [5, 5.41) is 6.92. The van der Waals surface area contributed by atoms with Crippen molar-refractivity contribution in [2.24, 2.45) is 0 Å². The Morgan fingerprint density at radius 2 is 1.70 bits per heavy atom. The fourth-order valence-corrected chi connectivity index (χ4v) is 3.06. The Morgan fingerprint density at radius 1 is 1.00 bits per heavy atom. The highest BCUT2D eigenvalue weighted by Gasteiger charge is 2.14. The summed E-state index contributed by atoms with van der Waals surface area (Å²) < 4.78 is 16.8. The number of hydrogen-bond acceptors (Lipinski definition) is 3. The molecule has 3 heterocycles. The molecule has 152 valence electrons. The summed E-state index contributed by atoms with van der Waals surface area (Å²) in [4.78, 5) is 25.3. The predicted octanol–water partition coefficient (Wildman–Crippen LogP) is 2.75. The lowest BCUT2D eigenvalue weighted by Gasteiger charge is -2.10. The van der Waals surface area contributed by atoms with Gasteiger partial charge in [0.1, 0.15) is 11.6 Å². The van der Waals surface area contributed by atoms with Crippen molar-refractivity contribution < 1.29 is 14.0 Å². The first-order valence-electron chi connectivity index (χ1n) is 9.34. The summed E-state index contributed by atoms with van der Waals surface area (Å²) in [5.41, 5.74) is 2.98. The molecule has 0 saturated carbocycles. The normalized spacial score (nSPS) is 10.9. The third-order valence-corrected chi connectivity index (χ3v) is 4.76. The fraction of sp³-hybridized carbons (Fsp3) is 0.136. The van der Waals surface area contributed by atoms with Crippen molar-refractivity contribution in [3.05, 3.63) is 78.5 Å². The lowest BCUT2D eigenvalue weighted by molar-refractivity contribution is -0.127. The number of pyridine rings is 1. The summed E-state index contributed by atoms with van der Waals surface area (Å²) in [6.07, 6.45) is 3.63. The number of aromatic nitrogens is 3. The number of carbonyl (C=O) groups is 2. The maximum absolute atomic E-state index is 13.2. The molecule has 7 nitrogen and oxygen atoms in total. The van der Waals surface area contributed by atoms with E-state index in [2.05, 4.69) is 10.4 Å². The van der Waals surface area contributed by atoms with E-state index >= 15 is 0 Å². The van der Waals surface area contributed by atoms with Crippen LogP contribution in [-0.4, -0.2) is 51.5 Å². The Kier molecular flexibility index (Phi) is 5.05. The van der Waals surface area contributed by atoms with Crippen molar-refractivity contribution >= 4 is 17.3 Å². The van der Waals surface area contributed by atoms with Gasteiger partial charge in [0, 0.05) is 32.0 Å². The Balaban J connectivity index is 1.61. The van der Waals surface area contributed by atoms with Crippen LogP contribution in [0.1, 0.15) is 10.5 Å². The number of hydrogen-bond donors (Lipinski definition) is 1. The van der Waals surface area contributed by atoms with Crippen LogP contribution in [0.15, 0.2) is 67.0 Å². The standard InChI is InChI=1S/C22H20FN5O2/c1-26(2)21(29)13-24-22(30)19-11-12-28(25-19)20-10-9-18-8-5-16(14-27(18)20)15-3-6-17(23)7-4-15/h3-12,14H,13H2,1-2H3,(H,24,30). The SMILES string of the molecule is CN(C)C(=O)CNC(=O)c1ccn(-c2ccc3ccc(-c4ccc(F)cc4)cn23)n1. The van der Waals surface area contributed by atoms with Gasteiger partial charge in [-0.25, -0.2) is 9.07 Å². The zero-order chi connectivity index (χ0) is 21.3. The number of halogens is 1. The highest BCUT2D eigenvalue weighted by Crippen LogP contribution is 2.23. The van der Waals surface area contributed by atoms with Gasteiger partial charge in [0.2, 0.25) is 5.91 Å². The molecule has 0 unspecified atom stereocenters. The van der Waals surface area contributed by atoms with Crippen molar-refractivity contribution in [3.8, 4) is 16.9 Å². The molecule has 0 radical (unpaired) electrons. The average molecular weight is 405 g/mol. The highest BCUT2D eigenvalue weighted by atomic mass is 19.1. The summed E-state index contributed by atoms with van der Waals surface area (Å²) in [5.74, 6) is -0.154. The summed E-state index contributed by atoms with van der Waals surface area (Å²) in [7, 11) is 3.25. The molecule has 8 heteroatoms. The number of carbonyl (C=O) groups excluding carboxylic acids is 2. The van der Waals surface area contributed by atoms with Crippen LogP contribution in [0.5, 0.6) is 0 Å². The Labute approximate surface area is 172 Å². The molecule has 1 aromatic carbocycles. The maximum Gasteiger partial charge on any atom is 0.272 e. The third-order valence-electron chi connectivity index (χ3n) is 4.76. The number of nitrogens with one attached hydrogen (secondary N) is 1. The van der Waals surface area contributed by atoms with E-state index in [1.807, 2.05) is 34.9 Å². The van der Waals surface area contributed by atoms with Gasteiger partial charge in [-0.2, -0.15) is 5.10 Å². The molecule has 0 spiro atoms. The third kappa shape index (κ3) is 3.80. The van der Waals surface area contributed by atoms with Crippen LogP contribution in [0.3, 0.4) is 0 Å². The number of rotatable bonds is 5. The zero-order valence-electron chi connectivity index (χ0n) is 16.5. The van der Waals surface area contributed by atoms with Crippen molar-refractivity contribution in [1.29, 1.82) is 0 Å². The van der Waals surface area contributed by atoms with Gasteiger partial charge in [0.05, 0.1) is 6.54 Å². The van der Waals surface area contributed by atoms with Gasteiger partial charge in [-0.3, -0.25) is 9.59 Å². The van der Waals surface area contributed by atoms with Crippen molar-refractivity contribution in [2.45, 2.75) is 0 Å². The molecule has 2 amide bonds. The number of fused-ring (bicyclic) bond motifs is 1. The van der Waals surface area contributed by atoms with Crippen LogP contribution < -0.4 is 5.32 Å². The van der Waals surface area contributed by atoms with Gasteiger partial charge >= 0.3 is 0 Å². The number of nitrogens with zero attached hydrogens (tertiary/aromatic N) is 4. The molecule has 0 bridgehead atoms. The molecule has 4 aromatic rings. The molecule has 30 heavy (non-hydrogen) atoms. The summed E-state index contributed by atoms with van der Waals surface area (Å²) in [6, 6.07) is 15.7. The van der Waals surface area contributed by atoms with Crippen LogP contribution in [-0.2, 0) is 4.79 Å². The lowest BCUT2D eigenvalue weighted by atomic mass is 10.1. The second-order valence-corrected chi connectivity index (χ2v) is 7.03. The predicted molar refractivity (Wildman–Crippen MR) is 111 cm³/mol. The lowest BCUT2D eigenvalue weighted by Crippen LogP contribution is -2.36.